The van der Waals surface area contributed by atoms with E-state index < -0.39 is 35.3 Å². The van der Waals surface area contributed by atoms with Crippen molar-refractivity contribution in [3.8, 4) is 17.0 Å². The van der Waals surface area contributed by atoms with Crippen molar-refractivity contribution in [3.63, 3.8) is 0 Å². The van der Waals surface area contributed by atoms with Gasteiger partial charge in [0.05, 0.1) is 36.4 Å². The molecule has 0 aromatic carbocycles. The number of carbonyl (C=O) groups excluding carboxylic acids is 1. The van der Waals surface area contributed by atoms with Gasteiger partial charge < -0.3 is 19.5 Å². The third-order valence-electron chi connectivity index (χ3n) is 6.93. The number of hydrogen-bond donors (Lipinski definition) is 1. The van der Waals surface area contributed by atoms with Crippen LogP contribution in [0.15, 0.2) is 42.9 Å². The molecule has 1 N–H and O–H groups in total. The molecule has 218 valence electrons. The van der Waals surface area contributed by atoms with Gasteiger partial charge in [-0.05, 0) is 65.3 Å². The number of fused-ring (bicyclic) bond motifs is 1. The van der Waals surface area contributed by atoms with Crippen LogP contribution in [-0.4, -0.2) is 77.2 Å². The maximum Gasteiger partial charge on any atom is 0.410 e. The number of nitrogens with zero attached hydrogens (tertiary/aromatic N) is 7. The van der Waals surface area contributed by atoms with E-state index >= 15 is 4.39 Å². The highest BCUT2D eigenvalue weighted by molar-refractivity contribution is 5.70. The molecule has 1 unspecified atom stereocenters. The molecule has 4 aromatic heterocycles. The van der Waals surface area contributed by atoms with Crippen LogP contribution in [0.5, 0.6) is 5.75 Å². The third-order valence-corrected chi connectivity index (χ3v) is 6.93. The minimum absolute atomic E-state index is 0.103. The maximum atomic E-state index is 15.4. The number of amides is 1. The molecule has 0 radical (unpaired) electrons. The van der Waals surface area contributed by atoms with E-state index in [4.69, 9.17) is 9.47 Å². The molecule has 5 rings (SSSR count). The highest BCUT2D eigenvalue weighted by Crippen LogP contribution is 2.33. The maximum absolute atomic E-state index is 15.4. The number of alkyl halides is 1. The van der Waals surface area contributed by atoms with E-state index in [0.29, 0.717) is 41.2 Å². The average Bonchev–Trinajstić information content (AvgIpc) is 3.53. The van der Waals surface area contributed by atoms with Crippen molar-refractivity contribution in [1.29, 1.82) is 0 Å². The fourth-order valence-electron chi connectivity index (χ4n) is 4.81. The van der Waals surface area contributed by atoms with E-state index in [-0.39, 0.29) is 18.8 Å². The molecule has 0 aliphatic carbocycles. The normalized spacial score (nSPS) is 19.3. The Morgan fingerprint density at radius 2 is 2.00 bits per heavy atom. The van der Waals surface area contributed by atoms with Crippen molar-refractivity contribution >= 4 is 11.6 Å². The fourth-order valence-corrected chi connectivity index (χ4v) is 4.81. The summed E-state index contributed by atoms with van der Waals surface area (Å²) in [6.07, 6.45) is 2.86. The van der Waals surface area contributed by atoms with E-state index in [1.165, 1.54) is 24.0 Å². The minimum atomic E-state index is -1.50. The lowest BCUT2D eigenvalue weighted by molar-refractivity contribution is 0.00410. The second kappa shape index (κ2) is 10.7. The van der Waals surface area contributed by atoms with Crippen molar-refractivity contribution in [1.82, 2.24) is 34.5 Å². The number of hydrogen-bond acceptors (Lipinski definition) is 8. The van der Waals surface area contributed by atoms with Crippen LogP contribution in [0.3, 0.4) is 0 Å². The zero-order valence-corrected chi connectivity index (χ0v) is 23.6. The average molecular weight is 570 g/mol. The summed E-state index contributed by atoms with van der Waals surface area (Å²) < 4.78 is 43.3. The summed E-state index contributed by atoms with van der Waals surface area (Å²) in [4.78, 5) is 17.8. The number of piperidine rings is 1. The summed E-state index contributed by atoms with van der Waals surface area (Å²) in [6.45, 7) is 8.71. The van der Waals surface area contributed by atoms with Gasteiger partial charge in [0.1, 0.15) is 46.8 Å². The highest BCUT2D eigenvalue weighted by Gasteiger charge is 2.36. The van der Waals surface area contributed by atoms with Crippen molar-refractivity contribution in [3.05, 3.63) is 60.1 Å². The predicted octanol–water partition coefficient (Wildman–Crippen LogP) is 4.24. The van der Waals surface area contributed by atoms with Crippen molar-refractivity contribution in [2.75, 3.05) is 19.7 Å². The lowest BCUT2D eigenvalue weighted by Crippen LogP contribution is -2.47. The first kappa shape index (κ1) is 28.4. The van der Waals surface area contributed by atoms with Gasteiger partial charge in [-0.1, -0.05) is 5.21 Å². The highest BCUT2D eigenvalue weighted by atomic mass is 19.1. The van der Waals surface area contributed by atoms with Gasteiger partial charge in [-0.15, -0.1) is 5.10 Å². The van der Waals surface area contributed by atoms with Crippen LogP contribution in [0.1, 0.15) is 51.5 Å². The first-order chi connectivity index (χ1) is 19.3. The molecule has 1 fully saturated rings. The Hall–Kier alpha value is -4.13. The molecule has 4 aromatic rings. The van der Waals surface area contributed by atoms with Gasteiger partial charge in [-0.2, -0.15) is 5.10 Å². The Morgan fingerprint density at radius 3 is 2.68 bits per heavy atom. The predicted molar refractivity (Wildman–Crippen MR) is 145 cm³/mol. The van der Waals surface area contributed by atoms with Gasteiger partial charge in [-0.25, -0.2) is 22.8 Å². The summed E-state index contributed by atoms with van der Waals surface area (Å²) in [5.41, 5.74) is 0.537. The van der Waals surface area contributed by atoms with E-state index in [0.717, 1.165) is 6.20 Å². The molecule has 1 aliphatic rings. The molecular formula is C28H33F2N7O4. The van der Waals surface area contributed by atoms with Gasteiger partial charge in [0, 0.05) is 18.3 Å². The summed E-state index contributed by atoms with van der Waals surface area (Å²) in [5.74, 6) is -0.0828. The number of likely N-dealkylation sites (tertiary alicyclic amines) is 1. The SMILES string of the molecule is Cc1c(-c2cc(OCC(C)(O)c3ccc(F)cn3)c3ccnn3c2)nnn1[C@H]1CCN(C(=O)OC(C)(C)C)C[C@@H]1F. The van der Waals surface area contributed by atoms with Crippen molar-refractivity contribution in [2.24, 2.45) is 0 Å². The molecule has 41 heavy (non-hydrogen) atoms. The first-order valence-corrected chi connectivity index (χ1v) is 13.3. The second-order valence-electron chi connectivity index (χ2n) is 11.4. The Balaban J connectivity index is 1.36. The van der Waals surface area contributed by atoms with Gasteiger partial charge in [0.2, 0.25) is 0 Å². The largest absolute Gasteiger partial charge is 0.488 e. The van der Waals surface area contributed by atoms with Crippen LogP contribution in [0.4, 0.5) is 13.6 Å². The molecule has 11 nitrogen and oxygen atoms in total. The second-order valence-corrected chi connectivity index (χ2v) is 11.4. The topological polar surface area (TPSA) is 120 Å². The van der Waals surface area contributed by atoms with E-state index in [9.17, 15) is 14.3 Å². The van der Waals surface area contributed by atoms with Crippen molar-refractivity contribution in [2.45, 2.75) is 64.5 Å². The van der Waals surface area contributed by atoms with Crippen LogP contribution in [0.25, 0.3) is 16.8 Å². The molecule has 13 heteroatoms. The summed E-state index contributed by atoms with van der Waals surface area (Å²) in [5, 5.41) is 23.9. The minimum Gasteiger partial charge on any atom is -0.488 e. The summed E-state index contributed by atoms with van der Waals surface area (Å²) in [6, 6.07) is 5.55. The van der Waals surface area contributed by atoms with E-state index in [2.05, 4.69) is 20.4 Å². The Bertz CT molecular complexity index is 1550. The number of ether oxygens (including phenoxy) is 2. The monoisotopic (exact) mass is 569 g/mol. The molecule has 0 spiro atoms. The number of carbonyl (C=O) groups is 1. The molecule has 5 heterocycles. The number of aliphatic hydroxyl groups is 1. The van der Waals surface area contributed by atoms with E-state index in [1.54, 1.807) is 61.4 Å². The molecule has 1 amide bonds. The Morgan fingerprint density at radius 1 is 1.22 bits per heavy atom. The van der Waals surface area contributed by atoms with Crippen LogP contribution in [-0.2, 0) is 10.3 Å². The lowest BCUT2D eigenvalue weighted by Gasteiger charge is -2.35. The van der Waals surface area contributed by atoms with E-state index in [1.807, 2.05) is 0 Å². The smallest absolute Gasteiger partial charge is 0.410 e. The molecule has 0 saturated carbocycles. The summed E-state index contributed by atoms with van der Waals surface area (Å²) in [7, 11) is 0. The van der Waals surface area contributed by atoms with Crippen LogP contribution in [0.2, 0.25) is 0 Å². The van der Waals surface area contributed by atoms with Crippen LogP contribution in [0, 0.1) is 12.7 Å². The number of aromatic nitrogens is 6. The molecule has 3 atom stereocenters. The zero-order chi connectivity index (χ0) is 29.5. The van der Waals surface area contributed by atoms with Crippen LogP contribution < -0.4 is 4.74 Å². The molecular weight excluding hydrogens is 536 g/mol. The first-order valence-electron chi connectivity index (χ1n) is 13.3. The van der Waals surface area contributed by atoms with Crippen molar-refractivity contribution < 1.29 is 28.2 Å². The fraction of sp³-hybridized carbons (Fsp3) is 0.464. The zero-order valence-electron chi connectivity index (χ0n) is 23.6. The summed E-state index contributed by atoms with van der Waals surface area (Å²) >= 11 is 0. The Kier molecular flexibility index (Phi) is 7.41. The third kappa shape index (κ3) is 5.99. The molecule has 1 aliphatic heterocycles. The van der Waals surface area contributed by atoms with Crippen LogP contribution >= 0.6 is 0 Å². The quantitative estimate of drug-likeness (QED) is 0.366. The molecule has 1 saturated heterocycles. The van der Waals surface area contributed by atoms with Gasteiger partial charge >= 0.3 is 6.09 Å². The number of rotatable bonds is 6. The number of halogens is 2. The number of pyridine rings is 2. The molecule has 0 bridgehead atoms. The van der Waals surface area contributed by atoms with Gasteiger partial charge in [0.25, 0.3) is 0 Å². The van der Waals surface area contributed by atoms with Gasteiger partial charge in [-0.3, -0.25) is 4.98 Å². The standard InChI is InChI=1S/C28H33F2N7O4/c1-17-25(33-34-37(17)21-9-11-35(15-20(21)30)26(38)41-27(2,3)4)18-12-23(22-8-10-32-36(22)14-18)40-16-28(5,39)24-7-6-19(29)13-31-24/h6-8,10,12-14,20-21,39H,9,11,15-16H2,1-5H3/t20-,21-,28?/m0/s1. The Labute approximate surface area is 235 Å². The lowest BCUT2D eigenvalue weighted by atomic mass is 10.0. The van der Waals surface area contributed by atoms with Gasteiger partial charge in [0.15, 0.2) is 0 Å².